The van der Waals surface area contributed by atoms with Crippen LogP contribution in [0.15, 0.2) is 21.7 Å². The Labute approximate surface area is 61.4 Å². The van der Waals surface area contributed by atoms with Gasteiger partial charge in [0, 0.05) is 11.9 Å². The van der Waals surface area contributed by atoms with Crippen molar-refractivity contribution in [1.82, 2.24) is 0 Å². The molecule has 0 bridgehead atoms. The van der Waals surface area contributed by atoms with Gasteiger partial charge in [-0.1, -0.05) is 21.0 Å². The summed E-state index contributed by atoms with van der Waals surface area (Å²) >= 11 is 1.80. The van der Waals surface area contributed by atoms with Crippen LogP contribution in [0.5, 0.6) is 0 Å². The van der Waals surface area contributed by atoms with E-state index < -0.39 is 9.62 Å². The first-order valence-electron chi connectivity index (χ1n) is 2.70. The number of hydrogen-bond donors (Lipinski definition) is 0. The molecule has 0 aliphatic carbocycles. The average molecular weight is 159 g/mol. The number of hydrogen-bond acceptors (Lipinski definition) is 1. The molecule has 0 nitrogen and oxygen atoms in total. The molecule has 0 aliphatic heterocycles. The summed E-state index contributed by atoms with van der Waals surface area (Å²) in [6.07, 6.45) is 4.41. The molecule has 0 unspecified atom stereocenters. The standard InChI is InChI=1S/C7H11S2/c1-9(2,3)7-5-4-6-8-7/h4-6H,1H2,2-3H3/q+1. The minimum absolute atomic E-state index is 0.691. The summed E-state index contributed by atoms with van der Waals surface area (Å²) < 4.78 is 1.43. The summed E-state index contributed by atoms with van der Waals surface area (Å²) in [5.41, 5.74) is 0. The fraction of sp³-hybridized carbons (Fsp3) is 0.286. The largest absolute Gasteiger partial charge is 0.171 e. The van der Waals surface area contributed by atoms with Gasteiger partial charge in [-0.15, -0.1) is 0 Å². The summed E-state index contributed by atoms with van der Waals surface area (Å²) in [5, 5.41) is 2.11. The Morgan fingerprint density at radius 1 is 1.56 bits per heavy atom. The zero-order valence-corrected chi connectivity index (χ0v) is 7.39. The van der Waals surface area contributed by atoms with Crippen LogP contribution in [0.2, 0.25) is 0 Å². The summed E-state index contributed by atoms with van der Waals surface area (Å²) in [7, 11) is -0.691. The molecular formula is C7H11S2+. The van der Waals surface area contributed by atoms with E-state index in [1.54, 1.807) is 11.3 Å². The van der Waals surface area contributed by atoms with Gasteiger partial charge in [-0.05, 0) is 11.4 Å². The summed E-state index contributed by atoms with van der Waals surface area (Å²) in [5.74, 6) is 4.11. The molecule has 0 saturated heterocycles. The molecule has 0 atom stereocenters. The van der Waals surface area contributed by atoms with E-state index in [1.807, 2.05) is 0 Å². The van der Waals surface area contributed by atoms with E-state index in [2.05, 4.69) is 35.9 Å². The highest BCUT2D eigenvalue weighted by atomic mass is 32.3. The van der Waals surface area contributed by atoms with Crippen molar-refractivity contribution < 1.29 is 0 Å². The molecule has 1 heterocycles. The SMILES string of the molecule is C=[S+](C)(C)c1cccs1. The Kier molecular flexibility index (Phi) is 1.78. The van der Waals surface area contributed by atoms with Crippen LogP contribution in [0.4, 0.5) is 0 Å². The van der Waals surface area contributed by atoms with Crippen LogP contribution in [-0.4, -0.2) is 18.4 Å². The van der Waals surface area contributed by atoms with E-state index in [0.717, 1.165) is 0 Å². The normalized spacial score (nSPS) is 11.8. The van der Waals surface area contributed by atoms with Gasteiger partial charge >= 0.3 is 0 Å². The third kappa shape index (κ3) is 1.66. The smallest absolute Gasteiger partial charge is 0.0982 e. The zero-order valence-electron chi connectivity index (χ0n) is 5.76. The maximum absolute atomic E-state index is 4.11. The van der Waals surface area contributed by atoms with Crippen molar-refractivity contribution in [2.75, 3.05) is 12.5 Å². The number of thiophene rings is 1. The van der Waals surface area contributed by atoms with Crippen molar-refractivity contribution in [2.45, 2.75) is 4.21 Å². The van der Waals surface area contributed by atoms with Crippen LogP contribution < -0.4 is 0 Å². The maximum atomic E-state index is 4.11. The molecule has 2 heteroatoms. The van der Waals surface area contributed by atoms with Gasteiger partial charge in [-0.2, -0.15) is 0 Å². The molecule has 0 saturated carbocycles. The highest BCUT2D eigenvalue weighted by Gasteiger charge is 2.08. The highest BCUT2D eigenvalue weighted by molar-refractivity contribution is 8.11. The Hall–Kier alpha value is -0.0800. The van der Waals surface area contributed by atoms with Crippen molar-refractivity contribution >= 4 is 26.8 Å². The topological polar surface area (TPSA) is 0 Å². The molecule has 1 aromatic rings. The van der Waals surface area contributed by atoms with E-state index in [0.29, 0.717) is 0 Å². The average Bonchev–Trinajstić information content (AvgIpc) is 2.08. The van der Waals surface area contributed by atoms with Gasteiger partial charge in [0.05, 0.1) is 12.5 Å². The van der Waals surface area contributed by atoms with Crippen molar-refractivity contribution in [3.63, 3.8) is 0 Å². The second kappa shape index (κ2) is 2.27. The van der Waals surface area contributed by atoms with E-state index in [4.69, 9.17) is 0 Å². The van der Waals surface area contributed by atoms with Crippen LogP contribution in [0.1, 0.15) is 0 Å². The monoisotopic (exact) mass is 159 g/mol. The summed E-state index contributed by atoms with van der Waals surface area (Å²) in [4.78, 5) is 0. The van der Waals surface area contributed by atoms with Crippen LogP contribution in [0.25, 0.3) is 0 Å². The van der Waals surface area contributed by atoms with Gasteiger partial charge < -0.3 is 0 Å². The maximum Gasteiger partial charge on any atom is 0.171 e. The predicted octanol–water partition coefficient (Wildman–Crippen LogP) is 1.95. The van der Waals surface area contributed by atoms with E-state index >= 15 is 0 Å². The molecule has 50 valence electrons. The lowest BCUT2D eigenvalue weighted by molar-refractivity contribution is 1.71. The van der Waals surface area contributed by atoms with Crippen molar-refractivity contribution in [2.24, 2.45) is 0 Å². The summed E-state index contributed by atoms with van der Waals surface area (Å²) in [6, 6.07) is 4.24. The lowest BCUT2D eigenvalue weighted by Crippen LogP contribution is -2.02. The highest BCUT2D eigenvalue weighted by Crippen LogP contribution is 2.18. The molecule has 0 fully saturated rings. The number of rotatable bonds is 1. The Morgan fingerprint density at radius 2 is 2.22 bits per heavy atom. The second-order valence-corrected chi connectivity index (χ2v) is 7.19. The minimum atomic E-state index is -0.691. The van der Waals surface area contributed by atoms with Gasteiger partial charge in [-0.3, -0.25) is 0 Å². The first kappa shape index (κ1) is 7.03. The second-order valence-electron chi connectivity index (χ2n) is 2.47. The van der Waals surface area contributed by atoms with Crippen LogP contribution >= 0.6 is 11.3 Å². The fourth-order valence-electron chi connectivity index (χ4n) is 0.578. The van der Waals surface area contributed by atoms with Crippen LogP contribution in [0, 0.1) is 0 Å². The first-order chi connectivity index (χ1) is 4.11. The van der Waals surface area contributed by atoms with Gasteiger partial charge in [0.2, 0.25) is 0 Å². The summed E-state index contributed by atoms with van der Waals surface area (Å²) in [6.45, 7) is 0. The Balaban J connectivity index is 3.04. The van der Waals surface area contributed by atoms with Crippen molar-refractivity contribution in [3.8, 4) is 0 Å². The molecule has 1 rings (SSSR count). The zero-order chi connectivity index (χ0) is 6.91. The molecule has 0 amide bonds. The molecule has 0 spiro atoms. The van der Waals surface area contributed by atoms with Gasteiger partial charge in [0.25, 0.3) is 0 Å². The first-order valence-corrected chi connectivity index (χ1v) is 6.20. The quantitative estimate of drug-likeness (QED) is 0.434. The lowest BCUT2D eigenvalue weighted by atomic mass is 10.7. The molecule has 0 N–H and O–H groups in total. The molecule has 1 aromatic heterocycles. The van der Waals surface area contributed by atoms with Gasteiger partial charge in [0.1, 0.15) is 0 Å². The molecule has 0 aromatic carbocycles. The third-order valence-electron chi connectivity index (χ3n) is 1.04. The predicted molar refractivity (Wildman–Crippen MR) is 48.9 cm³/mol. The minimum Gasteiger partial charge on any atom is -0.0982 e. The Morgan fingerprint density at radius 3 is 2.44 bits per heavy atom. The van der Waals surface area contributed by atoms with Crippen LogP contribution in [-0.2, 0) is 9.62 Å². The fourth-order valence-corrected chi connectivity index (χ4v) is 2.68. The van der Waals surface area contributed by atoms with Crippen molar-refractivity contribution in [3.05, 3.63) is 17.5 Å². The molecule has 9 heavy (non-hydrogen) atoms. The molecule has 0 aliphatic rings. The van der Waals surface area contributed by atoms with Crippen molar-refractivity contribution in [1.29, 1.82) is 0 Å². The van der Waals surface area contributed by atoms with Crippen LogP contribution in [0.3, 0.4) is 0 Å². The van der Waals surface area contributed by atoms with E-state index in [-0.39, 0.29) is 0 Å². The van der Waals surface area contributed by atoms with E-state index in [1.165, 1.54) is 4.21 Å². The third-order valence-corrected chi connectivity index (χ3v) is 4.57. The van der Waals surface area contributed by atoms with Gasteiger partial charge in [0.15, 0.2) is 4.21 Å². The van der Waals surface area contributed by atoms with E-state index in [9.17, 15) is 0 Å². The lowest BCUT2D eigenvalue weighted by Gasteiger charge is -2.01. The molecule has 0 radical (unpaired) electrons. The molecular weight excluding hydrogens is 148 g/mol. The Bertz CT molecular complexity index is 215. The van der Waals surface area contributed by atoms with Gasteiger partial charge in [-0.25, -0.2) is 0 Å².